The molecule has 1 unspecified atom stereocenters. The minimum Gasteiger partial charge on any atom is -0.475 e. The SMILES string of the molecule is Fc1cnc(N2CCCC3(CCN(C4CCOCC4)C3)C2)nc1.O=C(O)C(F)(F)F. The predicted octanol–water partition coefficient (Wildman–Crippen LogP) is 2.72. The highest BCUT2D eigenvalue weighted by Crippen LogP contribution is 2.41. The van der Waals surface area contributed by atoms with Gasteiger partial charge in [0.05, 0.1) is 12.4 Å². The van der Waals surface area contributed by atoms with Gasteiger partial charge in [-0.05, 0) is 38.6 Å². The van der Waals surface area contributed by atoms with Crippen molar-refractivity contribution in [2.45, 2.75) is 44.3 Å². The van der Waals surface area contributed by atoms with Crippen molar-refractivity contribution >= 4 is 11.9 Å². The number of anilines is 1. The molecule has 0 radical (unpaired) electrons. The largest absolute Gasteiger partial charge is 0.490 e. The third-order valence-electron chi connectivity index (χ3n) is 5.97. The summed E-state index contributed by atoms with van der Waals surface area (Å²) in [4.78, 5) is 22.2. The number of nitrogens with zero attached hydrogens (tertiary/aromatic N) is 4. The summed E-state index contributed by atoms with van der Waals surface area (Å²) >= 11 is 0. The predicted molar refractivity (Wildman–Crippen MR) is 99.6 cm³/mol. The number of carboxylic acids is 1. The van der Waals surface area contributed by atoms with Crippen molar-refractivity contribution in [1.82, 2.24) is 14.9 Å². The van der Waals surface area contributed by atoms with Crippen molar-refractivity contribution in [3.05, 3.63) is 18.2 Å². The lowest BCUT2D eigenvalue weighted by Crippen LogP contribution is -2.47. The first-order valence-electron chi connectivity index (χ1n) is 10.0. The number of rotatable bonds is 2. The molecule has 30 heavy (non-hydrogen) atoms. The Labute approximate surface area is 172 Å². The summed E-state index contributed by atoms with van der Waals surface area (Å²) in [5.41, 5.74) is 0.355. The summed E-state index contributed by atoms with van der Waals surface area (Å²) in [5.74, 6) is -2.45. The molecule has 0 bridgehead atoms. The summed E-state index contributed by atoms with van der Waals surface area (Å²) in [5, 5.41) is 7.12. The Morgan fingerprint density at radius 3 is 2.37 bits per heavy atom. The lowest BCUT2D eigenvalue weighted by molar-refractivity contribution is -0.192. The van der Waals surface area contributed by atoms with Crippen molar-refractivity contribution in [2.24, 2.45) is 5.41 Å². The molecule has 0 amide bonds. The van der Waals surface area contributed by atoms with Crippen LogP contribution in [0.15, 0.2) is 12.4 Å². The minimum absolute atomic E-state index is 0.355. The van der Waals surface area contributed by atoms with Crippen LogP contribution in [0.2, 0.25) is 0 Å². The van der Waals surface area contributed by atoms with E-state index in [0.717, 1.165) is 26.3 Å². The maximum Gasteiger partial charge on any atom is 0.490 e. The molecule has 0 aliphatic carbocycles. The molecule has 1 aromatic rings. The topological polar surface area (TPSA) is 78.8 Å². The van der Waals surface area contributed by atoms with E-state index in [0.29, 0.717) is 17.4 Å². The van der Waals surface area contributed by atoms with Crippen molar-refractivity contribution in [3.8, 4) is 0 Å². The monoisotopic (exact) mass is 434 g/mol. The molecule has 4 heterocycles. The molecule has 3 saturated heterocycles. The summed E-state index contributed by atoms with van der Waals surface area (Å²) < 4.78 is 50.3. The number of hydrogen-bond donors (Lipinski definition) is 1. The molecule has 3 fully saturated rings. The average Bonchev–Trinajstić information content (AvgIpc) is 3.12. The highest BCUT2D eigenvalue weighted by Gasteiger charge is 2.43. The minimum atomic E-state index is -5.08. The van der Waals surface area contributed by atoms with E-state index in [4.69, 9.17) is 14.6 Å². The van der Waals surface area contributed by atoms with Gasteiger partial charge in [-0.2, -0.15) is 13.2 Å². The van der Waals surface area contributed by atoms with E-state index in [2.05, 4.69) is 19.8 Å². The molecule has 1 atom stereocenters. The Morgan fingerprint density at radius 1 is 1.13 bits per heavy atom. The van der Waals surface area contributed by atoms with Crippen molar-refractivity contribution in [2.75, 3.05) is 44.3 Å². The van der Waals surface area contributed by atoms with Gasteiger partial charge in [-0.3, -0.25) is 4.90 Å². The van der Waals surface area contributed by atoms with Crippen LogP contribution in [0, 0.1) is 11.2 Å². The molecule has 1 aromatic heterocycles. The van der Waals surface area contributed by atoms with Gasteiger partial charge in [-0.15, -0.1) is 0 Å². The molecule has 11 heteroatoms. The molecule has 7 nitrogen and oxygen atoms in total. The number of aromatic nitrogens is 2. The summed E-state index contributed by atoms with van der Waals surface area (Å²) in [6, 6.07) is 0.695. The van der Waals surface area contributed by atoms with Crippen LogP contribution in [0.25, 0.3) is 0 Å². The number of piperidine rings is 1. The van der Waals surface area contributed by atoms with E-state index >= 15 is 0 Å². The van der Waals surface area contributed by atoms with Crippen LogP contribution in [0.4, 0.5) is 23.5 Å². The lowest BCUT2D eigenvalue weighted by atomic mass is 9.79. The third-order valence-corrected chi connectivity index (χ3v) is 5.97. The highest BCUT2D eigenvalue weighted by molar-refractivity contribution is 5.73. The van der Waals surface area contributed by atoms with Crippen LogP contribution >= 0.6 is 0 Å². The number of aliphatic carboxylic acids is 1. The molecule has 3 aliphatic rings. The van der Waals surface area contributed by atoms with E-state index in [1.54, 1.807) is 0 Å². The van der Waals surface area contributed by atoms with E-state index < -0.39 is 12.1 Å². The number of ether oxygens (including phenoxy) is 1. The average molecular weight is 434 g/mol. The fraction of sp³-hybridized carbons (Fsp3) is 0.737. The molecule has 1 N–H and O–H groups in total. The zero-order valence-electron chi connectivity index (χ0n) is 16.6. The standard InChI is InChI=1S/C17H25FN4O.C2HF3O2/c18-14-10-19-16(20-11-14)22-6-1-4-17(13-22)5-7-21(12-17)15-2-8-23-9-3-15;3-2(4,5)1(6)7/h10-11,15H,1-9,12-13H2;(H,6,7). The molecular formula is C19H26F4N4O3. The molecule has 4 rings (SSSR count). The highest BCUT2D eigenvalue weighted by atomic mass is 19.4. The maximum absolute atomic E-state index is 13.0. The van der Waals surface area contributed by atoms with Gasteiger partial charge in [-0.1, -0.05) is 0 Å². The van der Waals surface area contributed by atoms with E-state index in [1.807, 2.05) is 0 Å². The molecule has 168 valence electrons. The second-order valence-corrected chi connectivity index (χ2v) is 8.09. The maximum atomic E-state index is 13.0. The Bertz CT molecular complexity index is 713. The number of hydrogen-bond acceptors (Lipinski definition) is 6. The Morgan fingerprint density at radius 2 is 1.77 bits per heavy atom. The third kappa shape index (κ3) is 5.78. The Hall–Kier alpha value is -2.01. The quantitative estimate of drug-likeness (QED) is 0.717. The Balaban J connectivity index is 0.000000318. The fourth-order valence-electron chi connectivity index (χ4n) is 4.51. The number of halogens is 4. The van der Waals surface area contributed by atoms with Crippen molar-refractivity contribution in [1.29, 1.82) is 0 Å². The van der Waals surface area contributed by atoms with E-state index in [9.17, 15) is 17.6 Å². The molecule has 0 saturated carbocycles. The van der Waals surface area contributed by atoms with Gasteiger partial charge in [0.2, 0.25) is 5.95 Å². The van der Waals surface area contributed by atoms with Gasteiger partial charge in [0.25, 0.3) is 0 Å². The first-order chi connectivity index (χ1) is 14.2. The van der Waals surface area contributed by atoms with Crippen LogP contribution in [0.3, 0.4) is 0 Å². The lowest BCUT2D eigenvalue weighted by Gasteiger charge is -2.41. The first kappa shape index (κ1) is 22.7. The zero-order valence-corrected chi connectivity index (χ0v) is 16.6. The number of carboxylic acid groups (broad SMARTS) is 1. The number of alkyl halides is 3. The van der Waals surface area contributed by atoms with Gasteiger partial charge >= 0.3 is 12.1 Å². The number of carbonyl (C=O) groups is 1. The fourth-order valence-corrected chi connectivity index (χ4v) is 4.51. The number of likely N-dealkylation sites (tertiary alicyclic amines) is 1. The van der Waals surface area contributed by atoms with E-state index in [1.165, 1.54) is 57.6 Å². The second-order valence-electron chi connectivity index (χ2n) is 8.09. The normalized spacial score (nSPS) is 25.8. The zero-order chi connectivity index (χ0) is 21.8. The summed E-state index contributed by atoms with van der Waals surface area (Å²) in [7, 11) is 0. The van der Waals surface area contributed by atoms with Gasteiger partial charge in [0.1, 0.15) is 0 Å². The smallest absolute Gasteiger partial charge is 0.475 e. The molecule has 0 aromatic carbocycles. The first-order valence-corrected chi connectivity index (χ1v) is 10.0. The Kier molecular flexibility index (Phi) is 7.12. The molecule has 1 spiro atoms. The van der Waals surface area contributed by atoms with Crippen molar-refractivity contribution in [3.63, 3.8) is 0 Å². The molecule has 3 aliphatic heterocycles. The van der Waals surface area contributed by atoms with E-state index in [-0.39, 0.29) is 5.82 Å². The van der Waals surface area contributed by atoms with Crippen LogP contribution in [0.5, 0.6) is 0 Å². The van der Waals surface area contributed by atoms with Gasteiger partial charge in [0.15, 0.2) is 5.82 Å². The van der Waals surface area contributed by atoms with Gasteiger partial charge in [-0.25, -0.2) is 19.2 Å². The van der Waals surface area contributed by atoms with Crippen LogP contribution in [-0.4, -0.2) is 77.6 Å². The van der Waals surface area contributed by atoms with Gasteiger partial charge < -0.3 is 14.7 Å². The van der Waals surface area contributed by atoms with Gasteiger partial charge in [0, 0.05) is 44.3 Å². The summed E-state index contributed by atoms with van der Waals surface area (Å²) in [6.07, 6.45) is 3.50. The molecular weight excluding hydrogens is 408 g/mol. The van der Waals surface area contributed by atoms with Crippen LogP contribution < -0.4 is 4.90 Å². The summed E-state index contributed by atoms with van der Waals surface area (Å²) in [6.45, 7) is 6.16. The second kappa shape index (κ2) is 9.42. The van der Waals surface area contributed by atoms with Crippen molar-refractivity contribution < 1.29 is 32.2 Å². The van der Waals surface area contributed by atoms with Crippen LogP contribution in [-0.2, 0) is 9.53 Å². The van der Waals surface area contributed by atoms with Crippen LogP contribution in [0.1, 0.15) is 32.1 Å².